The number of amides is 3. The molecule has 2 heterocycles. The summed E-state index contributed by atoms with van der Waals surface area (Å²) in [5.41, 5.74) is 1.82. The highest BCUT2D eigenvalue weighted by atomic mass is 32.2. The van der Waals surface area contributed by atoms with Gasteiger partial charge in [0.05, 0.1) is 17.4 Å². The zero-order valence-electron chi connectivity index (χ0n) is 17.5. The number of carbonyl (C=O) groups excluding carboxylic acids is 4. The Kier molecular flexibility index (Phi) is 6.45. The van der Waals surface area contributed by atoms with E-state index in [0.717, 1.165) is 17.3 Å². The molecule has 0 aliphatic carbocycles. The molecule has 0 spiro atoms. The summed E-state index contributed by atoms with van der Waals surface area (Å²) in [4.78, 5) is 48.8. The molecule has 2 aromatic rings. The summed E-state index contributed by atoms with van der Waals surface area (Å²) in [6, 6.07) is 12.3. The summed E-state index contributed by atoms with van der Waals surface area (Å²) in [6.07, 6.45) is 1.09. The van der Waals surface area contributed by atoms with Gasteiger partial charge in [-0.3, -0.25) is 24.5 Å². The maximum Gasteiger partial charge on any atom is 0.286 e. The van der Waals surface area contributed by atoms with Gasteiger partial charge in [-0.15, -0.1) is 0 Å². The molecule has 1 fully saturated rings. The van der Waals surface area contributed by atoms with Crippen molar-refractivity contribution in [2.45, 2.75) is 25.0 Å². The smallest absolute Gasteiger partial charge is 0.286 e. The molecule has 0 radical (unpaired) electrons. The summed E-state index contributed by atoms with van der Waals surface area (Å²) in [5.74, 6) is 0.662. The zero-order chi connectivity index (χ0) is 22.7. The molecule has 166 valence electrons. The molecule has 0 saturated carbocycles. The highest BCUT2D eigenvalue weighted by Crippen LogP contribution is 2.27. The van der Waals surface area contributed by atoms with Crippen molar-refractivity contribution in [3.63, 3.8) is 0 Å². The Hall–Kier alpha value is -3.33. The third-order valence-corrected chi connectivity index (χ3v) is 6.21. The lowest BCUT2D eigenvalue weighted by molar-refractivity contribution is -0.118. The van der Waals surface area contributed by atoms with E-state index < -0.39 is 5.25 Å². The molecule has 1 N–H and O–H groups in total. The van der Waals surface area contributed by atoms with Gasteiger partial charge in [-0.1, -0.05) is 23.9 Å². The number of nitrogens with one attached hydrogen (secondary N) is 1. The van der Waals surface area contributed by atoms with Crippen LogP contribution in [0.1, 0.15) is 39.6 Å². The molecule has 8 nitrogen and oxygen atoms in total. The minimum absolute atomic E-state index is 0.101. The molecule has 9 heteroatoms. The van der Waals surface area contributed by atoms with Gasteiger partial charge in [0.15, 0.2) is 12.5 Å². The van der Waals surface area contributed by atoms with Crippen LogP contribution in [0.15, 0.2) is 42.5 Å². The topological polar surface area (TPSA) is 102 Å². The summed E-state index contributed by atoms with van der Waals surface area (Å²) in [6.45, 7) is 2.50. The van der Waals surface area contributed by atoms with E-state index in [2.05, 4.69) is 5.32 Å². The SMILES string of the molecule is CC(=O)c1ccc2c(c1)C(=O)N(CCCOc1ccc(CC3SC(=O)NC3=O)cc1)CO2. The number of imide groups is 1. The Morgan fingerprint density at radius 2 is 1.97 bits per heavy atom. The normalized spacial score (nSPS) is 17.6. The lowest BCUT2D eigenvalue weighted by atomic mass is 10.1. The average Bonchev–Trinajstić information content (AvgIpc) is 3.10. The van der Waals surface area contributed by atoms with Crippen LogP contribution in [-0.2, 0) is 11.2 Å². The van der Waals surface area contributed by atoms with Gasteiger partial charge in [0.25, 0.3) is 11.1 Å². The Morgan fingerprint density at radius 1 is 1.19 bits per heavy atom. The highest BCUT2D eigenvalue weighted by Gasteiger charge is 2.31. The van der Waals surface area contributed by atoms with Crippen LogP contribution in [0, 0.1) is 0 Å². The van der Waals surface area contributed by atoms with Gasteiger partial charge in [0.2, 0.25) is 5.91 Å². The monoisotopic (exact) mass is 454 g/mol. The number of hydrogen-bond acceptors (Lipinski definition) is 7. The lowest BCUT2D eigenvalue weighted by Gasteiger charge is -2.29. The van der Waals surface area contributed by atoms with Crippen LogP contribution in [0.2, 0.25) is 0 Å². The van der Waals surface area contributed by atoms with E-state index >= 15 is 0 Å². The van der Waals surface area contributed by atoms with Crippen LogP contribution in [0.5, 0.6) is 11.5 Å². The number of benzene rings is 2. The third-order valence-electron chi connectivity index (χ3n) is 5.23. The standard InChI is InChI=1S/C23H22N2O6S/c1-14(26)16-5-8-19-18(12-16)22(28)25(13-31-19)9-2-10-30-17-6-3-15(4-7-17)11-20-21(27)24-23(29)32-20/h3-8,12,20H,2,9-11,13H2,1H3,(H,24,27,29). The van der Waals surface area contributed by atoms with E-state index in [1.807, 2.05) is 24.3 Å². The van der Waals surface area contributed by atoms with Crippen molar-refractivity contribution in [3.8, 4) is 11.5 Å². The van der Waals surface area contributed by atoms with Gasteiger partial charge in [-0.25, -0.2) is 0 Å². The van der Waals surface area contributed by atoms with Crippen molar-refractivity contribution >= 4 is 34.6 Å². The van der Waals surface area contributed by atoms with Gasteiger partial charge >= 0.3 is 0 Å². The van der Waals surface area contributed by atoms with Crippen molar-refractivity contribution in [1.29, 1.82) is 0 Å². The van der Waals surface area contributed by atoms with Gasteiger partial charge in [0.1, 0.15) is 11.5 Å². The molecule has 2 aromatic carbocycles. The van der Waals surface area contributed by atoms with Crippen LogP contribution >= 0.6 is 11.8 Å². The number of thioether (sulfide) groups is 1. The molecular formula is C23H22N2O6S. The molecule has 4 rings (SSSR count). The van der Waals surface area contributed by atoms with Crippen molar-refractivity contribution in [2.75, 3.05) is 19.9 Å². The number of ketones is 1. The van der Waals surface area contributed by atoms with Crippen molar-refractivity contribution < 1.29 is 28.7 Å². The van der Waals surface area contributed by atoms with Crippen molar-refractivity contribution in [2.24, 2.45) is 0 Å². The number of ether oxygens (including phenoxy) is 2. The number of carbonyl (C=O) groups is 4. The summed E-state index contributed by atoms with van der Waals surface area (Å²) < 4.78 is 11.4. The van der Waals surface area contributed by atoms with E-state index in [1.54, 1.807) is 23.1 Å². The fourth-order valence-corrected chi connectivity index (χ4v) is 4.35. The summed E-state index contributed by atoms with van der Waals surface area (Å²) >= 11 is 1.01. The fraction of sp³-hybridized carbons (Fsp3) is 0.304. The average molecular weight is 455 g/mol. The van der Waals surface area contributed by atoms with E-state index in [-0.39, 0.29) is 29.6 Å². The second kappa shape index (κ2) is 9.44. The van der Waals surface area contributed by atoms with Crippen molar-refractivity contribution in [1.82, 2.24) is 10.2 Å². The summed E-state index contributed by atoms with van der Waals surface area (Å²) in [5, 5.41) is 1.59. The largest absolute Gasteiger partial charge is 0.494 e. The number of Topliss-reactive ketones (excluding diaryl/α,β-unsaturated/α-hetero) is 1. The number of hydrogen-bond donors (Lipinski definition) is 1. The van der Waals surface area contributed by atoms with Gasteiger partial charge in [-0.2, -0.15) is 0 Å². The van der Waals surface area contributed by atoms with Crippen molar-refractivity contribution in [3.05, 3.63) is 59.2 Å². The van der Waals surface area contributed by atoms with Gasteiger partial charge < -0.3 is 14.4 Å². The Bertz CT molecular complexity index is 1070. The fourth-order valence-electron chi connectivity index (χ4n) is 3.49. The zero-order valence-corrected chi connectivity index (χ0v) is 18.3. The molecule has 0 aromatic heterocycles. The minimum Gasteiger partial charge on any atom is -0.494 e. The molecule has 2 aliphatic heterocycles. The molecule has 32 heavy (non-hydrogen) atoms. The summed E-state index contributed by atoms with van der Waals surface area (Å²) in [7, 11) is 0. The first-order chi connectivity index (χ1) is 15.4. The van der Waals surface area contributed by atoms with Gasteiger partial charge in [-0.05, 0) is 55.7 Å². The van der Waals surface area contributed by atoms with E-state index in [4.69, 9.17) is 9.47 Å². The molecule has 3 amide bonds. The van der Waals surface area contributed by atoms with Crippen LogP contribution in [-0.4, -0.2) is 52.9 Å². The number of fused-ring (bicyclic) bond motifs is 1. The van der Waals surface area contributed by atoms with E-state index in [9.17, 15) is 19.2 Å². The maximum absolute atomic E-state index is 12.7. The van der Waals surface area contributed by atoms with Crippen LogP contribution in [0.3, 0.4) is 0 Å². The number of nitrogens with zero attached hydrogens (tertiary/aromatic N) is 1. The lowest BCUT2D eigenvalue weighted by Crippen LogP contribution is -2.39. The maximum atomic E-state index is 12.7. The first kappa shape index (κ1) is 21.9. The van der Waals surface area contributed by atoms with Crippen LogP contribution in [0.4, 0.5) is 4.79 Å². The third kappa shape index (κ3) is 4.94. The first-order valence-electron chi connectivity index (χ1n) is 10.2. The quantitative estimate of drug-likeness (QED) is 0.483. The number of rotatable bonds is 8. The highest BCUT2D eigenvalue weighted by molar-refractivity contribution is 8.15. The van der Waals surface area contributed by atoms with Crippen LogP contribution < -0.4 is 14.8 Å². The Morgan fingerprint density at radius 3 is 2.66 bits per heavy atom. The molecule has 1 atom stereocenters. The molecule has 2 aliphatic rings. The molecule has 0 bridgehead atoms. The van der Waals surface area contributed by atoms with E-state index in [0.29, 0.717) is 48.6 Å². The van der Waals surface area contributed by atoms with Gasteiger partial charge in [0, 0.05) is 12.1 Å². The molecular weight excluding hydrogens is 432 g/mol. The Labute approximate surface area is 189 Å². The second-order valence-corrected chi connectivity index (χ2v) is 8.72. The second-order valence-electron chi connectivity index (χ2n) is 7.54. The Balaban J connectivity index is 1.24. The predicted molar refractivity (Wildman–Crippen MR) is 118 cm³/mol. The van der Waals surface area contributed by atoms with E-state index in [1.165, 1.54) is 6.92 Å². The molecule has 1 unspecified atom stereocenters. The minimum atomic E-state index is -0.393. The molecule has 1 saturated heterocycles. The first-order valence-corrected chi connectivity index (χ1v) is 11.1. The predicted octanol–water partition coefficient (Wildman–Crippen LogP) is 3.04. The van der Waals surface area contributed by atoms with Crippen LogP contribution in [0.25, 0.3) is 0 Å².